The Morgan fingerprint density at radius 1 is 1.16 bits per heavy atom. The maximum absolute atomic E-state index is 11.3. The number of nitrogens with zero attached hydrogens (tertiary/aromatic N) is 4. The molecule has 160 valence electrons. The standard InChI is InChI=1S/C23H27N7O/c1-13(31)6-7-14-8-10-15(11-9-14)22-27-19(20-21(24)28-23(25)29-30(20)22)18-12-16-4-2-3-5-17(16)26-18/h2-5,12,14-15,26H,6-11H2,1H3,(H4,24,25,28,29). The lowest BCUT2D eigenvalue weighted by Crippen LogP contribution is -2.17. The normalized spacial score (nSPS) is 19.3. The van der Waals surface area contributed by atoms with Crippen LogP contribution in [0.1, 0.15) is 57.2 Å². The molecule has 0 spiro atoms. The van der Waals surface area contributed by atoms with Gasteiger partial charge in [0.1, 0.15) is 22.8 Å². The van der Waals surface area contributed by atoms with E-state index in [4.69, 9.17) is 16.5 Å². The Morgan fingerprint density at radius 3 is 2.68 bits per heavy atom. The molecule has 1 saturated carbocycles. The van der Waals surface area contributed by atoms with Crippen molar-refractivity contribution >= 4 is 34.0 Å². The van der Waals surface area contributed by atoms with E-state index < -0.39 is 0 Å². The molecule has 3 heterocycles. The highest BCUT2D eigenvalue weighted by Crippen LogP contribution is 2.39. The second-order valence-corrected chi connectivity index (χ2v) is 8.66. The second kappa shape index (κ2) is 7.68. The van der Waals surface area contributed by atoms with Gasteiger partial charge in [0.05, 0.1) is 5.69 Å². The Hall–Kier alpha value is -3.42. The van der Waals surface area contributed by atoms with Crippen molar-refractivity contribution in [2.24, 2.45) is 5.92 Å². The molecule has 0 bridgehead atoms. The number of imidazole rings is 1. The summed E-state index contributed by atoms with van der Waals surface area (Å²) in [5, 5.41) is 5.58. The molecule has 0 atom stereocenters. The summed E-state index contributed by atoms with van der Waals surface area (Å²) in [6.45, 7) is 1.67. The average molecular weight is 418 g/mol. The summed E-state index contributed by atoms with van der Waals surface area (Å²) in [4.78, 5) is 24.0. The molecule has 5 rings (SSSR count). The number of carbonyl (C=O) groups is 1. The molecule has 31 heavy (non-hydrogen) atoms. The molecule has 8 nitrogen and oxygen atoms in total. The van der Waals surface area contributed by atoms with Crippen LogP contribution < -0.4 is 11.5 Å². The molecule has 1 aliphatic carbocycles. The van der Waals surface area contributed by atoms with Gasteiger partial charge in [0.25, 0.3) is 0 Å². The van der Waals surface area contributed by atoms with Gasteiger partial charge in [0.2, 0.25) is 5.95 Å². The number of fused-ring (bicyclic) bond motifs is 2. The van der Waals surface area contributed by atoms with Crippen LogP contribution in [0.5, 0.6) is 0 Å². The number of Topliss-reactive ketones (excluding diaryl/α,β-unsaturated/α-hetero) is 1. The Labute approximate surface area is 180 Å². The first kappa shape index (κ1) is 19.5. The summed E-state index contributed by atoms with van der Waals surface area (Å²) in [7, 11) is 0. The number of para-hydroxylation sites is 1. The number of nitrogen functional groups attached to an aromatic ring is 2. The third kappa shape index (κ3) is 3.62. The lowest BCUT2D eigenvalue weighted by molar-refractivity contribution is -0.117. The number of aromatic nitrogens is 5. The molecule has 3 aromatic heterocycles. The molecular formula is C23H27N7O. The number of ketones is 1. The minimum atomic E-state index is 0.141. The van der Waals surface area contributed by atoms with E-state index >= 15 is 0 Å². The van der Waals surface area contributed by atoms with Crippen molar-refractivity contribution in [2.45, 2.75) is 51.4 Å². The van der Waals surface area contributed by atoms with Crippen molar-refractivity contribution in [1.82, 2.24) is 24.6 Å². The Bertz CT molecular complexity index is 1230. The fraction of sp³-hybridized carbons (Fsp3) is 0.391. The maximum Gasteiger partial charge on any atom is 0.240 e. The fourth-order valence-corrected chi connectivity index (χ4v) is 4.83. The van der Waals surface area contributed by atoms with Crippen molar-refractivity contribution < 1.29 is 4.79 Å². The van der Waals surface area contributed by atoms with E-state index in [0.717, 1.165) is 60.2 Å². The highest BCUT2D eigenvalue weighted by Gasteiger charge is 2.29. The second-order valence-electron chi connectivity index (χ2n) is 8.66. The first-order valence-electron chi connectivity index (χ1n) is 10.9. The van der Waals surface area contributed by atoms with Gasteiger partial charge in [0.15, 0.2) is 5.82 Å². The highest BCUT2D eigenvalue weighted by atomic mass is 16.1. The summed E-state index contributed by atoms with van der Waals surface area (Å²) in [6.07, 6.45) is 5.85. The summed E-state index contributed by atoms with van der Waals surface area (Å²) in [5.41, 5.74) is 15.6. The Balaban J connectivity index is 1.53. The Morgan fingerprint density at radius 2 is 1.94 bits per heavy atom. The molecule has 1 aliphatic rings. The number of nitrogens with two attached hydrogens (primary N) is 2. The minimum absolute atomic E-state index is 0.141. The number of aromatic amines is 1. The lowest BCUT2D eigenvalue weighted by atomic mass is 9.79. The first-order chi connectivity index (χ1) is 15.0. The van der Waals surface area contributed by atoms with E-state index in [9.17, 15) is 4.79 Å². The van der Waals surface area contributed by atoms with Crippen LogP contribution >= 0.6 is 0 Å². The van der Waals surface area contributed by atoms with Crippen LogP contribution in [0, 0.1) is 5.92 Å². The smallest absolute Gasteiger partial charge is 0.240 e. The molecule has 1 aromatic carbocycles. The molecular weight excluding hydrogens is 390 g/mol. The maximum atomic E-state index is 11.3. The van der Waals surface area contributed by atoms with Crippen LogP contribution in [0.15, 0.2) is 30.3 Å². The predicted molar refractivity (Wildman–Crippen MR) is 122 cm³/mol. The zero-order valence-electron chi connectivity index (χ0n) is 17.6. The monoisotopic (exact) mass is 417 g/mol. The highest BCUT2D eigenvalue weighted by molar-refractivity contribution is 5.91. The van der Waals surface area contributed by atoms with Crippen molar-refractivity contribution in [3.63, 3.8) is 0 Å². The summed E-state index contributed by atoms with van der Waals surface area (Å²) < 4.78 is 1.79. The van der Waals surface area contributed by atoms with Gasteiger partial charge < -0.3 is 21.2 Å². The third-order valence-corrected chi connectivity index (χ3v) is 6.46. The molecule has 0 unspecified atom stereocenters. The first-order valence-corrected chi connectivity index (χ1v) is 10.9. The molecule has 0 amide bonds. The number of rotatable bonds is 5. The van der Waals surface area contributed by atoms with Gasteiger partial charge in [-0.05, 0) is 57.1 Å². The number of nitrogens with one attached hydrogen (secondary N) is 1. The van der Waals surface area contributed by atoms with Gasteiger partial charge in [0, 0.05) is 23.2 Å². The molecule has 0 aliphatic heterocycles. The SMILES string of the molecule is CC(=O)CCC1CCC(c2nc(-c3cc4ccccc4[nH]3)c3c(N)nc(N)nn23)CC1. The van der Waals surface area contributed by atoms with Crippen molar-refractivity contribution in [1.29, 1.82) is 0 Å². The number of anilines is 2. The zero-order chi connectivity index (χ0) is 21.5. The number of hydrogen-bond acceptors (Lipinski definition) is 6. The van der Waals surface area contributed by atoms with Gasteiger partial charge in [-0.1, -0.05) is 18.2 Å². The average Bonchev–Trinajstić information content (AvgIpc) is 3.34. The number of benzene rings is 1. The van der Waals surface area contributed by atoms with Crippen molar-refractivity contribution in [3.05, 3.63) is 36.2 Å². The summed E-state index contributed by atoms with van der Waals surface area (Å²) in [6, 6.07) is 10.2. The third-order valence-electron chi connectivity index (χ3n) is 6.46. The Kier molecular flexibility index (Phi) is 4.84. The van der Waals surface area contributed by atoms with Crippen molar-refractivity contribution in [3.8, 4) is 11.4 Å². The molecule has 0 radical (unpaired) electrons. The van der Waals surface area contributed by atoms with Crippen molar-refractivity contribution in [2.75, 3.05) is 11.5 Å². The largest absolute Gasteiger partial charge is 0.382 e. The lowest BCUT2D eigenvalue weighted by Gasteiger charge is -2.27. The van der Waals surface area contributed by atoms with Crippen LogP contribution in [-0.4, -0.2) is 30.3 Å². The van der Waals surface area contributed by atoms with Crippen LogP contribution in [0.3, 0.4) is 0 Å². The van der Waals surface area contributed by atoms with Crippen LogP contribution in [-0.2, 0) is 4.79 Å². The number of H-pyrrole nitrogens is 1. The molecule has 4 aromatic rings. The van der Waals surface area contributed by atoms with Gasteiger partial charge in [-0.25, -0.2) is 9.50 Å². The van der Waals surface area contributed by atoms with Crippen LogP contribution in [0.2, 0.25) is 0 Å². The van der Waals surface area contributed by atoms with Gasteiger partial charge in [-0.15, -0.1) is 5.10 Å². The van der Waals surface area contributed by atoms with E-state index in [1.165, 1.54) is 0 Å². The molecule has 1 fully saturated rings. The van der Waals surface area contributed by atoms with E-state index in [0.29, 0.717) is 23.7 Å². The minimum Gasteiger partial charge on any atom is -0.382 e. The van der Waals surface area contributed by atoms with Crippen LogP contribution in [0.25, 0.3) is 27.8 Å². The number of carbonyl (C=O) groups excluding carboxylic acids is 1. The van der Waals surface area contributed by atoms with Gasteiger partial charge in [-0.3, -0.25) is 0 Å². The summed E-state index contributed by atoms with van der Waals surface area (Å²) >= 11 is 0. The van der Waals surface area contributed by atoms with E-state index in [2.05, 4.69) is 27.2 Å². The van der Waals surface area contributed by atoms with Crippen LogP contribution in [0.4, 0.5) is 11.8 Å². The fourth-order valence-electron chi connectivity index (χ4n) is 4.83. The summed E-state index contributed by atoms with van der Waals surface area (Å²) in [5.74, 6) is 2.50. The van der Waals surface area contributed by atoms with Gasteiger partial charge in [-0.2, -0.15) is 4.98 Å². The zero-order valence-corrected chi connectivity index (χ0v) is 17.6. The predicted octanol–water partition coefficient (Wildman–Crippen LogP) is 4.08. The van der Waals surface area contributed by atoms with E-state index in [1.807, 2.05) is 18.2 Å². The quantitative estimate of drug-likeness (QED) is 0.449. The van der Waals surface area contributed by atoms with Gasteiger partial charge >= 0.3 is 0 Å². The molecule has 8 heteroatoms. The molecule has 0 saturated heterocycles. The molecule has 5 N–H and O–H groups in total. The van der Waals surface area contributed by atoms with E-state index in [-0.39, 0.29) is 17.6 Å². The topological polar surface area (TPSA) is 128 Å². The van der Waals surface area contributed by atoms with E-state index in [1.54, 1.807) is 11.4 Å². The number of hydrogen-bond donors (Lipinski definition) is 3.